The normalized spacial score (nSPS) is 12.0. The van der Waals surface area contributed by atoms with Gasteiger partial charge in [-0.05, 0) is 36.6 Å². The van der Waals surface area contributed by atoms with Crippen molar-refractivity contribution in [2.45, 2.75) is 65.7 Å². The van der Waals surface area contributed by atoms with Crippen molar-refractivity contribution in [2.75, 3.05) is 13.2 Å². The van der Waals surface area contributed by atoms with E-state index in [2.05, 4.69) is 30.7 Å². The molecule has 148 valence electrons. The summed E-state index contributed by atoms with van der Waals surface area (Å²) in [7, 11) is 0. The summed E-state index contributed by atoms with van der Waals surface area (Å²) >= 11 is 0. The molecule has 4 nitrogen and oxygen atoms in total. The molecule has 0 aliphatic rings. The van der Waals surface area contributed by atoms with Gasteiger partial charge in [-0.3, -0.25) is 0 Å². The van der Waals surface area contributed by atoms with Crippen molar-refractivity contribution in [1.82, 2.24) is 9.97 Å². The van der Waals surface area contributed by atoms with Gasteiger partial charge in [-0.1, -0.05) is 59.3 Å². The Bertz CT molecular complexity index is 626. The van der Waals surface area contributed by atoms with Crippen LogP contribution in [-0.2, 0) is 0 Å². The van der Waals surface area contributed by atoms with E-state index in [-0.39, 0.29) is 0 Å². The molecule has 0 N–H and O–H groups in total. The fraction of sp³-hybridized carbons (Fsp3) is 0.565. The Morgan fingerprint density at radius 2 is 1.59 bits per heavy atom. The molecule has 0 bridgehead atoms. The first-order valence-corrected chi connectivity index (χ1v) is 10.4. The Balaban J connectivity index is 1.75. The molecule has 0 aliphatic heterocycles. The van der Waals surface area contributed by atoms with Crippen molar-refractivity contribution in [3.8, 4) is 22.9 Å². The van der Waals surface area contributed by atoms with E-state index in [0.717, 1.165) is 36.5 Å². The smallest absolute Gasteiger partial charge is 0.232 e. The van der Waals surface area contributed by atoms with Gasteiger partial charge in [0.15, 0.2) is 0 Å². The van der Waals surface area contributed by atoms with E-state index in [1.807, 2.05) is 24.3 Å². The minimum Gasteiger partial charge on any atom is -0.494 e. The minimum atomic E-state index is 0.523. The molecule has 1 atom stereocenters. The summed E-state index contributed by atoms with van der Waals surface area (Å²) in [4.78, 5) is 8.82. The van der Waals surface area contributed by atoms with E-state index in [4.69, 9.17) is 9.47 Å². The number of nitrogens with zero attached hydrogens (tertiary/aromatic N) is 2. The summed E-state index contributed by atoms with van der Waals surface area (Å²) in [5.74, 6) is 2.02. The number of aromatic nitrogens is 2. The van der Waals surface area contributed by atoms with Gasteiger partial charge in [-0.15, -0.1) is 0 Å². The zero-order chi connectivity index (χ0) is 19.3. The molecule has 2 rings (SSSR count). The van der Waals surface area contributed by atoms with E-state index in [1.54, 1.807) is 12.4 Å². The Kier molecular flexibility index (Phi) is 9.67. The number of rotatable bonds is 13. The van der Waals surface area contributed by atoms with E-state index in [9.17, 15) is 0 Å². The maximum atomic E-state index is 5.83. The van der Waals surface area contributed by atoms with Crippen molar-refractivity contribution in [3.05, 3.63) is 36.7 Å². The lowest BCUT2D eigenvalue weighted by molar-refractivity contribution is 0.247. The summed E-state index contributed by atoms with van der Waals surface area (Å²) in [6.45, 7) is 8.03. The van der Waals surface area contributed by atoms with Crippen LogP contribution in [-0.4, -0.2) is 23.2 Å². The maximum Gasteiger partial charge on any atom is 0.232 e. The zero-order valence-corrected chi connectivity index (χ0v) is 17.1. The van der Waals surface area contributed by atoms with Crippen molar-refractivity contribution < 1.29 is 9.47 Å². The third kappa shape index (κ3) is 7.98. The summed E-state index contributed by atoms with van der Waals surface area (Å²) < 4.78 is 11.5. The van der Waals surface area contributed by atoms with Crippen molar-refractivity contribution in [1.29, 1.82) is 0 Å². The highest BCUT2D eigenvalue weighted by Crippen LogP contribution is 2.21. The fourth-order valence-corrected chi connectivity index (χ4v) is 2.68. The Labute approximate surface area is 164 Å². The van der Waals surface area contributed by atoms with Gasteiger partial charge in [-0.2, -0.15) is 0 Å². The average Bonchev–Trinajstić information content (AvgIpc) is 2.72. The number of ether oxygens (including phenoxy) is 2. The van der Waals surface area contributed by atoms with Crippen LogP contribution in [0.15, 0.2) is 36.7 Å². The van der Waals surface area contributed by atoms with Crippen LogP contribution >= 0.6 is 0 Å². The molecule has 1 aromatic heterocycles. The second-order valence-corrected chi connectivity index (χ2v) is 7.20. The van der Waals surface area contributed by atoms with Crippen LogP contribution < -0.4 is 9.47 Å². The Morgan fingerprint density at radius 1 is 0.852 bits per heavy atom. The largest absolute Gasteiger partial charge is 0.494 e. The molecular weight excluding hydrogens is 336 g/mol. The van der Waals surface area contributed by atoms with Gasteiger partial charge in [0.05, 0.1) is 31.3 Å². The highest BCUT2D eigenvalue weighted by molar-refractivity contribution is 5.59. The van der Waals surface area contributed by atoms with Crippen LogP contribution in [0.4, 0.5) is 0 Å². The lowest BCUT2D eigenvalue weighted by Crippen LogP contribution is -2.08. The molecular formula is C23H34N2O2. The summed E-state index contributed by atoms with van der Waals surface area (Å²) in [6, 6.07) is 8.06. The van der Waals surface area contributed by atoms with Crippen molar-refractivity contribution >= 4 is 0 Å². The molecule has 0 spiro atoms. The highest BCUT2D eigenvalue weighted by Gasteiger charge is 2.04. The lowest BCUT2D eigenvalue weighted by Gasteiger charge is -2.10. The fourth-order valence-electron chi connectivity index (χ4n) is 2.68. The monoisotopic (exact) mass is 370 g/mol. The van der Waals surface area contributed by atoms with Gasteiger partial charge in [0, 0.05) is 5.56 Å². The Hall–Kier alpha value is -2.10. The van der Waals surface area contributed by atoms with Gasteiger partial charge >= 0.3 is 0 Å². The van der Waals surface area contributed by atoms with Crippen LogP contribution in [0.3, 0.4) is 0 Å². The first kappa shape index (κ1) is 21.2. The SMILES string of the molecule is CCCCCCCCOc1ccc(-c2cnc(OC[C@@H](C)CC)cn2)cc1. The molecule has 0 saturated carbocycles. The zero-order valence-electron chi connectivity index (χ0n) is 17.1. The molecule has 4 heteroatoms. The minimum absolute atomic E-state index is 0.523. The maximum absolute atomic E-state index is 5.83. The summed E-state index contributed by atoms with van der Waals surface area (Å²) in [6.07, 6.45) is 12.2. The molecule has 0 fully saturated rings. The molecule has 0 amide bonds. The summed E-state index contributed by atoms with van der Waals surface area (Å²) in [5, 5.41) is 0. The van der Waals surface area contributed by atoms with Crippen molar-refractivity contribution in [2.24, 2.45) is 5.92 Å². The van der Waals surface area contributed by atoms with Crippen LogP contribution in [0, 0.1) is 5.92 Å². The van der Waals surface area contributed by atoms with E-state index < -0.39 is 0 Å². The second kappa shape index (κ2) is 12.3. The molecule has 0 radical (unpaired) electrons. The van der Waals surface area contributed by atoms with Crippen molar-refractivity contribution in [3.63, 3.8) is 0 Å². The van der Waals surface area contributed by atoms with Crippen LogP contribution in [0.25, 0.3) is 11.3 Å². The molecule has 0 aliphatic carbocycles. The second-order valence-electron chi connectivity index (χ2n) is 7.20. The van der Waals surface area contributed by atoms with Gasteiger partial charge in [-0.25, -0.2) is 9.97 Å². The first-order valence-electron chi connectivity index (χ1n) is 10.4. The highest BCUT2D eigenvalue weighted by atomic mass is 16.5. The summed E-state index contributed by atoms with van der Waals surface area (Å²) in [5.41, 5.74) is 1.87. The van der Waals surface area contributed by atoms with E-state index >= 15 is 0 Å². The number of hydrogen-bond acceptors (Lipinski definition) is 4. The van der Waals surface area contributed by atoms with Gasteiger partial charge < -0.3 is 9.47 Å². The molecule has 27 heavy (non-hydrogen) atoms. The van der Waals surface area contributed by atoms with Gasteiger partial charge in [0.25, 0.3) is 0 Å². The predicted molar refractivity (Wildman–Crippen MR) is 111 cm³/mol. The number of benzene rings is 1. The van der Waals surface area contributed by atoms with Gasteiger partial charge in [0.1, 0.15) is 5.75 Å². The Morgan fingerprint density at radius 3 is 2.26 bits per heavy atom. The van der Waals surface area contributed by atoms with Crippen LogP contribution in [0.1, 0.15) is 65.7 Å². The molecule has 2 aromatic rings. The molecule has 1 aromatic carbocycles. The van der Waals surface area contributed by atoms with Gasteiger partial charge in [0.2, 0.25) is 5.88 Å². The third-order valence-corrected chi connectivity index (χ3v) is 4.76. The number of hydrogen-bond donors (Lipinski definition) is 0. The first-order chi connectivity index (χ1) is 13.2. The third-order valence-electron chi connectivity index (χ3n) is 4.76. The molecule has 0 unspecified atom stereocenters. The molecule has 1 heterocycles. The quantitative estimate of drug-likeness (QED) is 0.388. The molecule has 0 saturated heterocycles. The van der Waals surface area contributed by atoms with Crippen LogP contribution in [0.5, 0.6) is 11.6 Å². The topological polar surface area (TPSA) is 44.2 Å². The van der Waals surface area contributed by atoms with Crippen LogP contribution in [0.2, 0.25) is 0 Å². The number of unbranched alkanes of at least 4 members (excludes halogenated alkanes) is 5. The lowest BCUT2D eigenvalue weighted by atomic mass is 10.1. The van der Waals surface area contributed by atoms with E-state index in [1.165, 1.54) is 32.1 Å². The average molecular weight is 371 g/mol. The predicted octanol–water partition coefficient (Wildman–Crippen LogP) is 6.31. The standard InChI is InChI=1S/C23H34N2O2/c1-4-6-7-8-9-10-15-26-21-13-11-20(12-14-21)22-16-25-23(17-24-22)27-18-19(3)5-2/h11-14,16-17,19H,4-10,15,18H2,1-3H3/t19-/m0/s1. The van der Waals surface area contributed by atoms with E-state index in [0.29, 0.717) is 18.4 Å².